The van der Waals surface area contributed by atoms with Crippen molar-refractivity contribution >= 4 is 23.7 Å². The molecule has 5 rings (SSSR count). The molecule has 2 aromatic carbocycles. The zero-order valence-corrected chi connectivity index (χ0v) is 29.8. The molecule has 9 heteroatoms. The van der Waals surface area contributed by atoms with Crippen LogP contribution in [-0.2, 0) is 19.9 Å². The summed E-state index contributed by atoms with van der Waals surface area (Å²) in [6.07, 6.45) is 6.59. The van der Waals surface area contributed by atoms with E-state index in [1.807, 2.05) is 95.3 Å². The van der Waals surface area contributed by atoms with Gasteiger partial charge in [0.1, 0.15) is 11.4 Å². The molecule has 0 aliphatic heterocycles. The second-order valence-electron chi connectivity index (χ2n) is 15.8. The first kappa shape index (κ1) is 36.1. The number of nitrogens with one attached hydrogen (secondary N) is 3. The molecule has 1 heterocycles. The number of aliphatic hydroxyl groups is 1. The third-order valence-corrected chi connectivity index (χ3v) is 9.39. The Morgan fingerprint density at radius 2 is 1.55 bits per heavy atom. The Kier molecular flexibility index (Phi) is 10.8. The van der Waals surface area contributed by atoms with Crippen molar-refractivity contribution in [2.45, 2.75) is 116 Å². The number of carbonyl (C=O) groups excluding carboxylic acids is 3. The maximum Gasteiger partial charge on any atom is 0.408 e. The summed E-state index contributed by atoms with van der Waals surface area (Å²) < 4.78 is 5.54. The van der Waals surface area contributed by atoms with E-state index in [9.17, 15) is 19.5 Å². The third kappa shape index (κ3) is 9.69. The van der Waals surface area contributed by atoms with Gasteiger partial charge in [-0.05, 0) is 93.5 Å². The molecule has 2 saturated carbocycles. The van der Waals surface area contributed by atoms with Crippen molar-refractivity contribution in [1.82, 2.24) is 15.6 Å². The van der Waals surface area contributed by atoms with E-state index < -0.39 is 22.8 Å². The molecule has 0 bridgehead atoms. The molecule has 0 saturated heterocycles. The molecular formula is C40H52N4O5. The number of anilines is 1. The van der Waals surface area contributed by atoms with E-state index in [1.54, 1.807) is 13.1 Å². The number of ether oxygens (including phenoxy) is 1. The van der Waals surface area contributed by atoms with Crippen LogP contribution in [0.2, 0.25) is 0 Å². The van der Waals surface area contributed by atoms with Gasteiger partial charge in [-0.1, -0.05) is 68.4 Å². The second-order valence-corrected chi connectivity index (χ2v) is 15.8. The summed E-state index contributed by atoms with van der Waals surface area (Å²) in [7, 11) is 0. The Hall–Kier alpha value is -4.24. The number of alkyl carbamates (subject to hydrolysis) is 1. The average Bonchev–Trinajstić information content (AvgIpc) is 3.00. The highest BCUT2D eigenvalue weighted by atomic mass is 16.6. The number of benzene rings is 2. The van der Waals surface area contributed by atoms with Crippen molar-refractivity contribution in [2.24, 2.45) is 11.8 Å². The van der Waals surface area contributed by atoms with Gasteiger partial charge in [0.15, 0.2) is 0 Å². The van der Waals surface area contributed by atoms with E-state index in [4.69, 9.17) is 4.74 Å². The van der Waals surface area contributed by atoms with E-state index in [2.05, 4.69) is 20.9 Å². The molecule has 2 aliphatic rings. The zero-order chi connectivity index (χ0) is 35.4. The first-order valence-corrected chi connectivity index (χ1v) is 17.6. The number of pyridine rings is 1. The fourth-order valence-electron chi connectivity index (χ4n) is 7.32. The molecular weight excluding hydrogens is 616 g/mol. The Morgan fingerprint density at radius 3 is 2.14 bits per heavy atom. The number of nitrogens with zero attached hydrogens (tertiary/aromatic N) is 1. The van der Waals surface area contributed by atoms with Crippen LogP contribution in [-0.4, -0.2) is 45.2 Å². The summed E-state index contributed by atoms with van der Waals surface area (Å²) in [5, 5.41) is 19.9. The molecule has 1 aromatic heterocycles. The van der Waals surface area contributed by atoms with Crippen LogP contribution in [0.5, 0.6) is 0 Å². The van der Waals surface area contributed by atoms with Crippen LogP contribution >= 0.6 is 0 Å². The summed E-state index contributed by atoms with van der Waals surface area (Å²) in [4.78, 5) is 42.8. The van der Waals surface area contributed by atoms with Gasteiger partial charge >= 0.3 is 6.09 Å². The van der Waals surface area contributed by atoms with Crippen molar-refractivity contribution in [1.29, 1.82) is 0 Å². The van der Waals surface area contributed by atoms with Crippen molar-refractivity contribution < 1.29 is 24.2 Å². The molecule has 2 aliphatic carbocycles. The highest BCUT2D eigenvalue weighted by Gasteiger charge is 2.53. The highest BCUT2D eigenvalue weighted by Crippen LogP contribution is 2.49. The molecule has 3 aromatic rings. The van der Waals surface area contributed by atoms with Gasteiger partial charge in [0.25, 0.3) is 0 Å². The lowest BCUT2D eigenvalue weighted by Crippen LogP contribution is -2.62. The van der Waals surface area contributed by atoms with Gasteiger partial charge in [-0.25, -0.2) is 9.78 Å². The molecule has 0 spiro atoms. The molecule has 49 heavy (non-hydrogen) atoms. The smallest absolute Gasteiger partial charge is 0.408 e. The van der Waals surface area contributed by atoms with Crippen LogP contribution in [0, 0.1) is 11.8 Å². The van der Waals surface area contributed by atoms with Crippen LogP contribution in [0.4, 0.5) is 10.6 Å². The maximum atomic E-state index is 13.2. The quantitative estimate of drug-likeness (QED) is 0.175. The molecule has 0 radical (unpaired) electrons. The molecule has 9 nitrogen and oxygen atoms in total. The van der Waals surface area contributed by atoms with Gasteiger partial charge in [0.05, 0.1) is 11.1 Å². The molecule has 2 fully saturated rings. The van der Waals surface area contributed by atoms with E-state index in [0.717, 1.165) is 53.5 Å². The monoisotopic (exact) mass is 668 g/mol. The van der Waals surface area contributed by atoms with Crippen LogP contribution < -0.4 is 16.0 Å². The maximum absolute atomic E-state index is 13.2. The summed E-state index contributed by atoms with van der Waals surface area (Å²) in [5.41, 5.74) is 2.40. The predicted molar refractivity (Wildman–Crippen MR) is 193 cm³/mol. The average molecular weight is 669 g/mol. The standard InChI is InChI=1S/C40H52N4O5/c1-26(2)20-35(45)42-31-18-12-27(13-19-31)21-36(46)43-34-22-32(28-10-8-7-9-11-28)33(23-41-34)29-14-16-30(17-15-29)40(24-39(6,48)25-40)44-37(47)49-38(3,4)5/h7-11,14-17,22-23,26-27,31,48H,12-13,18-21,24-25H2,1-6H3,(H,42,45)(H,44,47)(H,41,43,46). The fraction of sp³-hybridized carbons (Fsp3) is 0.500. The fourth-order valence-corrected chi connectivity index (χ4v) is 7.32. The number of amides is 3. The topological polar surface area (TPSA) is 130 Å². The van der Waals surface area contributed by atoms with Crippen molar-refractivity contribution in [3.8, 4) is 22.3 Å². The van der Waals surface area contributed by atoms with Crippen molar-refractivity contribution in [3.63, 3.8) is 0 Å². The molecule has 0 atom stereocenters. The second kappa shape index (κ2) is 14.7. The lowest BCUT2D eigenvalue weighted by Gasteiger charge is -2.52. The van der Waals surface area contributed by atoms with Gasteiger partial charge in [0, 0.05) is 43.5 Å². The number of carbonyl (C=O) groups is 3. The van der Waals surface area contributed by atoms with E-state index in [-0.39, 0.29) is 23.8 Å². The predicted octanol–water partition coefficient (Wildman–Crippen LogP) is 7.73. The normalized spacial score (nSPS) is 23.7. The first-order chi connectivity index (χ1) is 23.1. The zero-order valence-electron chi connectivity index (χ0n) is 29.8. The minimum atomic E-state index is -0.886. The lowest BCUT2D eigenvalue weighted by atomic mass is 9.62. The molecule has 3 amide bonds. The summed E-state index contributed by atoms with van der Waals surface area (Å²) in [6.45, 7) is 11.3. The van der Waals surface area contributed by atoms with Crippen molar-refractivity contribution in [3.05, 3.63) is 72.4 Å². The highest BCUT2D eigenvalue weighted by molar-refractivity contribution is 5.92. The lowest BCUT2D eigenvalue weighted by molar-refractivity contribution is -0.123. The number of hydrogen-bond donors (Lipinski definition) is 4. The van der Waals surface area contributed by atoms with Crippen LogP contribution in [0.15, 0.2) is 66.9 Å². The van der Waals surface area contributed by atoms with E-state index in [0.29, 0.717) is 37.4 Å². The number of aromatic nitrogens is 1. The van der Waals surface area contributed by atoms with Crippen LogP contribution in [0.1, 0.15) is 98.5 Å². The summed E-state index contributed by atoms with van der Waals surface area (Å²) >= 11 is 0. The number of rotatable bonds is 10. The Balaban J connectivity index is 1.29. The van der Waals surface area contributed by atoms with Gasteiger partial charge in [0.2, 0.25) is 11.8 Å². The summed E-state index contributed by atoms with van der Waals surface area (Å²) in [6, 6.07) is 20.1. The first-order valence-electron chi connectivity index (χ1n) is 17.6. The SMILES string of the molecule is CC(C)CC(=O)NC1CCC(CC(=O)Nc2cc(-c3ccccc3)c(-c3ccc(C4(NC(=O)OC(C)(C)C)CC(C)(O)C4)cc3)cn2)CC1. The Morgan fingerprint density at radius 1 is 0.918 bits per heavy atom. The van der Waals surface area contributed by atoms with Crippen molar-refractivity contribution in [2.75, 3.05) is 5.32 Å². The van der Waals surface area contributed by atoms with Gasteiger partial charge < -0.3 is 25.8 Å². The third-order valence-electron chi connectivity index (χ3n) is 9.39. The van der Waals surface area contributed by atoms with Crippen LogP contribution in [0.3, 0.4) is 0 Å². The Labute approximate surface area is 290 Å². The summed E-state index contributed by atoms with van der Waals surface area (Å²) in [5.74, 6) is 1.16. The number of hydrogen-bond acceptors (Lipinski definition) is 6. The van der Waals surface area contributed by atoms with E-state index in [1.165, 1.54) is 0 Å². The minimum Gasteiger partial charge on any atom is -0.444 e. The molecule has 4 N–H and O–H groups in total. The van der Waals surface area contributed by atoms with Gasteiger partial charge in [-0.2, -0.15) is 0 Å². The molecule has 0 unspecified atom stereocenters. The van der Waals surface area contributed by atoms with Gasteiger partial charge in [-0.15, -0.1) is 0 Å². The minimum absolute atomic E-state index is 0.0601. The van der Waals surface area contributed by atoms with Gasteiger partial charge in [-0.3, -0.25) is 9.59 Å². The molecule has 262 valence electrons. The van der Waals surface area contributed by atoms with Crippen LogP contribution in [0.25, 0.3) is 22.3 Å². The van der Waals surface area contributed by atoms with E-state index >= 15 is 0 Å². The Bertz CT molecular complexity index is 1610. The largest absolute Gasteiger partial charge is 0.444 e.